The molecular weight excluding hydrogens is 253 g/mol. The molecule has 0 aromatic heterocycles. The van der Waals surface area contributed by atoms with E-state index in [-0.39, 0.29) is 48.8 Å². The van der Waals surface area contributed by atoms with E-state index >= 15 is 0 Å². The zero-order valence-electron chi connectivity index (χ0n) is 8.91. The Kier molecular flexibility index (Phi) is 181. The van der Waals surface area contributed by atoms with Gasteiger partial charge in [-0.1, -0.05) is 27.7 Å². The molecule has 0 aromatic carbocycles. The third kappa shape index (κ3) is 4180. The topological polar surface area (TPSA) is 92.2 Å². The first-order valence-corrected chi connectivity index (χ1v) is 3.98. The Morgan fingerprint density at radius 1 is 0.538 bits per heavy atom. The fraction of sp³-hybridized carbons (Fsp3) is 1.00. The standard InChI is InChI=1S/4C2H5O.Nb/c4*1-2-3;/h4*2H2,1H3;/q4*-1;. The van der Waals surface area contributed by atoms with Crippen LogP contribution in [-0.4, -0.2) is 26.4 Å². The van der Waals surface area contributed by atoms with Crippen LogP contribution in [0.2, 0.25) is 0 Å². The smallest absolute Gasteiger partial charge is 0 e. The van der Waals surface area contributed by atoms with Crippen molar-refractivity contribution in [3.05, 3.63) is 0 Å². The third-order valence-electron chi connectivity index (χ3n) is 0. The summed E-state index contributed by atoms with van der Waals surface area (Å²) in [7, 11) is 0. The summed E-state index contributed by atoms with van der Waals surface area (Å²) < 4.78 is 0. The van der Waals surface area contributed by atoms with Crippen LogP contribution in [0.15, 0.2) is 0 Å². The molecule has 1 radical (unpaired) electrons. The Balaban J connectivity index is -0.0000000213. The van der Waals surface area contributed by atoms with E-state index in [0.717, 1.165) is 0 Å². The summed E-state index contributed by atoms with van der Waals surface area (Å²) in [6.45, 7) is 6.28. The van der Waals surface area contributed by atoms with Gasteiger partial charge in [0.25, 0.3) is 0 Å². The van der Waals surface area contributed by atoms with Crippen molar-refractivity contribution in [2.24, 2.45) is 0 Å². The van der Waals surface area contributed by atoms with Gasteiger partial charge in [-0.25, -0.2) is 0 Å². The molecule has 13 heavy (non-hydrogen) atoms. The Hall–Kier alpha value is 0.580. The summed E-state index contributed by atoms with van der Waals surface area (Å²) in [4.78, 5) is 0. The van der Waals surface area contributed by atoms with Gasteiger partial charge in [0.05, 0.1) is 0 Å². The first-order valence-electron chi connectivity index (χ1n) is 3.98. The molecule has 0 spiro atoms. The molecule has 0 heterocycles. The molecule has 0 aromatic rings. The second kappa shape index (κ2) is 80.4. The van der Waals surface area contributed by atoms with E-state index in [1.165, 1.54) is 0 Å². The van der Waals surface area contributed by atoms with Crippen LogP contribution in [-0.2, 0) is 22.4 Å². The number of rotatable bonds is 0. The monoisotopic (exact) mass is 273 g/mol. The molecule has 0 aliphatic heterocycles. The SMILES string of the molecule is CC[O-].CC[O-].CC[O-].CC[O-].[Nb]. The van der Waals surface area contributed by atoms with Gasteiger partial charge in [-0.3, -0.25) is 0 Å². The molecule has 0 saturated heterocycles. The predicted molar refractivity (Wildman–Crippen MR) is 42.2 cm³/mol. The Labute approximate surface area is 97.1 Å². The van der Waals surface area contributed by atoms with E-state index in [9.17, 15) is 0 Å². The van der Waals surface area contributed by atoms with E-state index < -0.39 is 0 Å². The first kappa shape index (κ1) is 29.2. The molecule has 0 fully saturated rings. The second-order valence-electron chi connectivity index (χ2n) is 1.15. The maximum atomic E-state index is 8.93. The van der Waals surface area contributed by atoms with Gasteiger partial charge in [0, 0.05) is 22.4 Å². The van der Waals surface area contributed by atoms with Crippen LogP contribution < -0.4 is 20.4 Å². The average Bonchev–Trinajstić information content (AvgIpc) is 1.92. The summed E-state index contributed by atoms with van der Waals surface area (Å²) >= 11 is 0. The van der Waals surface area contributed by atoms with Crippen molar-refractivity contribution in [2.75, 3.05) is 26.4 Å². The summed E-state index contributed by atoms with van der Waals surface area (Å²) in [5.74, 6) is 0. The molecule has 0 aliphatic carbocycles. The quantitative estimate of drug-likeness (QED) is 0.455. The molecular formula is C8H20NbO4-4. The van der Waals surface area contributed by atoms with E-state index in [4.69, 9.17) is 20.4 Å². The van der Waals surface area contributed by atoms with Gasteiger partial charge < -0.3 is 20.4 Å². The van der Waals surface area contributed by atoms with Gasteiger partial charge in [-0.05, 0) is 0 Å². The van der Waals surface area contributed by atoms with E-state index in [1.807, 2.05) is 0 Å². The maximum Gasteiger partial charge on any atom is 0 e. The van der Waals surface area contributed by atoms with Crippen molar-refractivity contribution in [1.29, 1.82) is 0 Å². The molecule has 0 bridgehead atoms. The number of hydrogen-bond donors (Lipinski definition) is 0. The minimum atomic E-state index is 0. The van der Waals surface area contributed by atoms with Crippen LogP contribution in [0.3, 0.4) is 0 Å². The molecule has 0 rings (SSSR count). The summed E-state index contributed by atoms with van der Waals surface area (Å²) in [6.07, 6.45) is 0. The predicted octanol–water partition coefficient (Wildman–Crippen LogP) is -2.54. The maximum absolute atomic E-state index is 8.93. The Morgan fingerprint density at radius 3 is 0.538 bits per heavy atom. The van der Waals surface area contributed by atoms with Crippen LogP contribution in [0, 0.1) is 0 Å². The third-order valence-corrected chi connectivity index (χ3v) is 0. The van der Waals surface area contributed by atoms with Crippen molar-refractivity contribution in [3.8, 4) is 0 Å². The molecule has 0 unspecified atom stereocenters. The fourth-order valence-corrected chi connectivity index (χ4v) is 0. The van der Waals surface area contributed by atoms with Gasteiger partial charge in [-0.15, -0.1) is 26.4 Å². The van der Waals surface area contributed by atoms with Crippen LogP contribution in [0.1, 0.15) is 27.7 Å². The second-order valence-corrected chi connectivity index (χ2v) is 1.15. The van der Waals surface area contributed by atoms with Crippen molar-refractivity contribution in [1.82, 2.24) is 0 Å². The van der Waals surface area contributed by atoms with Crippen molar-refractivity contribution >= 4 is 0 Å². The normalized spacial score (nSPS) is 5.54. The van der Waals surface area contributed by atoms with Crippen LogP contribution >= 0.6 is 0 Å². The van der Waals surface area contributed by atoms with E-state index in [1.54, 1.807) is 27.7 Å². The van der Waals surface area contributed by atoms with Gasteiger partial charge in [0.1, 0.15) is 0 Å². The number of hydrogen-bond acceptors (Lipinski definition) is 4. The van der Waals surface area contributed by atoms with Gasteiger partial charge in [-0.2, -0.15) is 0 Å². The van der Waals surface area contributed by atoms with Crippen LogP contribution in [0.25, 0.3) is 0 Å². The van der Waals surface area contributed by atoms with Gasteiger partial charge in [0.15, 0.2) is 0 Å². The first-order chi connectivity index (χ1) is 5.66. The molecule has 0 saturated carbocycles. The van der Waals surface area contributed by atoms with Crippen LogP contribution in [0.5, 0.6) is 0 Å². The van der Waals surface area contributed by atoms with Crippen molar-refractivity contribution in [3.63, 3.8) is 0 Å². The molecule has 4 nitrogen and oxygen atoms in total. The van der Waals surface area contributed by atoms with E-state index in [0.29, 0.717) is 0 Å². The molecule has 5 heteroatoms. The van der Waals surface area contributed by atoms with Gasteiger partial charge >= 0.3 is 0 Å². The minimum Gasteiger partial charge on any atom is -0.855 e. The molecule has 0 atom stereocenters. The molecule has 85 valence electrons. The van der Waals surface area contributed by atoms with E-state index in [2.05, 4.69) is 0 Å². The van der Waals surface area contributed by atoms with Crippen LogP contribution in [0.4, 0.5) is 0 Å². The summed E-state index contributed by atoms with van der Waals surface area (Å²) in [6, 6.07) is 0. The fourth-order valence-electron chi connectivity index (χ4n) is 0. The van der Waals surface area contributed by atoms with Crippen molar-refractivity contribution in [2.45, 2.75) is 27.7 Å². The minimum absolute atomic E-state index is 0. The molecule has 0 N–H and O–H groups in total. The van der Waals surface area contributed by atoms with Gasteiger partial charge in [0.2, 0.25) is 0 Å². The molecule has 0 aliphatic rings. The zero-order valence-corrected chi connectivity index (χ0v) is 11.1. The zero-order chi connectivity index (χ0) is 10.8. The average molecular weight is 273 g/mol. The molecule has 0 amide bonds. The summed E-state index contributed by atoms with van der Waals surface area (Å²) in [5.41, 5.74) is 0. The van der Waals surface area contributed by atoms with Crippen molar-refractivity contribution < 1.29 is 42.8 Å². The largest absolute Gasteiger partial charge is 0.855 e. The summed E-state index contributed by atoms with van der Waals surface area (Å²) in [5, 5.41) is 35.7. The Bertz CT molecular complexity index is 24.1. The Morgan fingerprint density at radius 2 is 0.538 bits per heavy atom.